The summed E-state index contributed by atoms with van der Waals surface area (Å²) in [6, 6.07) is 0.660. The van der Waals surface area contributed by atoms with Crippen molar-refractivity contribution in [3.63, 3.8) is 0 Å². The first-order chi connectivity index (χ1) is 8.26. The molecule has 0 aromatic rings. The maximum Gasteiger partial charge on any atom is 0.0333 e. The van der Waals surface area contributed by atoms with Gasteiger partial charge >= 0.3 is 0 Å². The molecule has 2 aliphatic rings. The zero-order valence-electron chi connectivity index (χ0n) is 11.7. The Balaban J connectivity index is 2.12. The van der Waals surface area contributed by atoms with Gasteiger partial charge in [0.1, 0.15) is 0 Å². The lowest BCUT2D eigenvalue weighted by Crippen LogP contribution is -2.43. The summed E-state index contributed by atoms with van der Waals surface area (Å²) in [4.78, 5) is 0. The van der Waals surface area contributed by atoms with E-state index in [2.05, 4.69) is 25.2 Å². The minimum Gasteiger partial charge on any atom is -0.310 e. The van der Waals surface area contributed by atoms with E-state index in [0.717, 1.165) is 6.54 Å². The van der Waals surface area contributed by atoms with Gasteiger partial charge in [0.15, 0.2) is 0 Å². The van der Waals surface area contributed by atoms with Crippen LogP contribution in [0.2, 0.25) is 0 Å². The molecular formula is C16H29N. The van der Waals surface area contributed by atoms with Crippen molar-refractivity contribution in [2.24, 2.45) is 5.41 Å². The van der Waals surface area contributed by atoms with Gasteiger partial charge in [-0.25, -0.2) is 0 Å². The molecule has 0 heterocycles. The van der Waals surface area contributed by atoms with Crippen LogP contribution >= 0.6 is 0 Å². The zero-order chi connectivity index (χ0) is 12.1. The van der Waals surface area contributed by atoms with Crippen molar-refractivity contribution in [3.8, 4) is 0 Å². The average Bonchev–Trinajstić information content (AvgIpc) is 2.62. The third-order valence-corrected chi connectivity index (χ3v) is 4.80. The third kappa shape index (κ3) is 3.13. The summed E-state index contributed by atoms with van der Waals surface area (Å²) < 4.78 is 0. The summed E-state index contributed by atoms with van der Waals surface area (Å²) in [6.45, 7) is 5.87. The predicted octanol–water partition coefficient (Wildman–Crippen LogP) is 4.44. The molecule has 0 aromatic heterocycles. The fraction of sp³-hybridized carbons (Fsp3) is 0.875. The smallest absolute Gasteiger partial charge is 0.0333 e. The van der Waals surface area contributed by atoms with E-state index in [0.29, 0.717) is 11.5 Å². The molecule has 1 N–H and O–H groups in total. The highest BCUT2D eigenvalue weighted by atomic mass is 14.9. The molecule has 0 aliphatic heterocycles. The lowest BCUT2D eigenvalue weighted by molar-refractivity contribution is 0.247. The second-order valence-corrected chi connectivity index (χ2v) is 6.23. The van der Waals surface area contributed by atoms with Gasteiger partial charge < -0.3 is 5.32 Å². The normalized spacial score (nSPS) is 26.4. The molecule has 17 heavy (non-hydrogen) atoms. The number of rotatable bonds is 4. The van der Waals surface area contributed by atoms with Crippen molar-refractivity contribution in [1.29, 1.82) is 0 Å². The Morgan fingerprint density at radius 2 is 1.94 bits per heavy atom. The summed E-state index contributed by atoms with van der Waals surface area (Å²) in [6.07, 6.45) is 15.2. The Hall–Kier alpha value is -0.300. The van der Waals surface area contributed by atoms with Crippen molar-refractivity contribution >= 4 is 0 Å². The lowest BCUT2D eigenvalue weighted by atomic mass is 9.76. The number of allylic oxidation sites excluding steroid dienone is 1. The quantitative estimate of drug-likeness (QED) is 0.711. The summed E-state index contributed by atoms with van der Waals surface area (Å²) in [5.74, 6) is 0. The van der Waals surface area contributed by atoms with E-state index in [1.165, 1.54) is 57.8 Å². The number of likely N-dealkylation sites (N-methyl/N-ethyl adjacent to an activating group) is 1. The Morgan fingerprint density at radius 1 is 1.18 bits per heavy atom. The van der Waals surface area contributed by atoms with Crippen LogP contribution in [0.3, 0.4) is 0 Å². The van der Waals surface area contributed by atoms with E-state index in [1.54, 1.807) is 5.57 Å². The van der Waals surface area contributed by atoms with Crippen LogP contribution in [0.15, 0.2) is 11.6 Å². The highest BCUT2D eigenvalue weighted by Crippen LogP contribution is 2.44. The van der Waals surface area contributed by atoms with Crippen LogP contribution in [0, 0.1) is 5.41 Å². The molecule has 0 saturated heterocycles. The van der Waals surface area contributed by atoms with Gasteiger partial charge in [-0.05, 0) is 50.5 Å². The Morgan fingerprint density at radius 3 is 2.65 bits per heavy atom. The summed E-state index contributed by atoms with van der Waals surface area (Å²) >= 11 is 0. The summed E-state index contributed by atoms with van der Waals surface area (Å²) in [5.41, 5.74) is 2.26. The van der Waals surface area contributed by atoms with Crippen molar-refractivity contribution in [2.45, 2.75) is 77.7 Å². The lowest BCUT2D eigenvalue weighted by Gasteiger charge is -2.37. The highest BCUT2D eigenvalue weighted by molar-refractivity contribution is 5.17. The van der Waals surface area contributed by atoms with E-state index in [1.807, 2.05) is 0 Å². The fourth-order valence-electron chi connectivity index (χ4n) is 3.80. The van der Waals surface area contributed by atoms with Crippen molar-refractivity contribution in [3.05, 3.63) is 11.6 Å². The van der Waals surface area contributed by atoms with Gasteiger partial charge in [0.05, 0.1) is 0 Å². The molecule has 1 unspecified atom stereocenters. The SMILES string of the molecule is CCNC(C1=CCCCCC1)C1(C)CCCC1. The second-order valence-electron chi connectivity index (χ2n) is 6.23. The van der Waals surface area contributed by atoms with E-state index < -0.39 is 0 Å². The van der Waals surface area contributed by atoms with Gasteiger partial charge in [-0.1, -0.05) is 44.8 Å². The molecule has 98 valence electrons. The molecule has 0 spiro atoms. The maximum atomic E-state index is 3.79. The Labute approximate surface area is 107 Å². The number of nitrogens with one attached hydrogen (secondary N) is 1. The Bertz CT molecular complexity index is 261. The highest BCUT2D eigenvalue weighted by Gasteiger charge is 2.38. The molecule has 1 atom stereocenters. The van der Waals surface area contributed by atoms with Crippen molar-refractivity contribution < 1.29 is 0 Å². The van der Waals surface area contributed by atoms with E-state index in [9.17, 15) is 0 Å². The molecule has 1 nitrogen and oxygen atoms in total. The van der Waals surface area contributed by atoms with Gasteiger partial charge in [-0.15, -0.1) is 0 Å². The number of hydrogen-bond donors (Lipinski definition) is 1. The topological polar surface area (TPSA) is 12.0 Å². The summed E-state index contributed by atoms with van der Waals surface area (Å²) in [5, 5.41) is 3.79. The van der Waals surface area contributed by atoms with Crippen LogP contribution < -0.4 is 5.32 Å². The van der Waals surface area contributed by atoms with Gasteiger partial charge in [-0.2, -0.15) is 0 Å². The third-order valence-electron chi connectivity index (χ3n) is 4.80. The van der Waals surface area contributed by atoms with Gasteiger partial charge in [0, 0.05) is 6.04 Å². The van der Waals surface area contributed by atoms with Crippen molar-refractivity contribution in [1.82, 2.24) is 5.32 Å². The minimum absolute atomic E-state index is 0.534. The van der Waals surface area contributed by atoms with E-state index in [-0.39, 0.29) is 0 Å². The van der Waals surface area contributed by atoms with E-state index in [4.69, 9.17) is 0 Å². The largest absolute Gasteiger partial charge is 0.310 e. The molecule has 0 aromatic carbocycles. The second kappa shape index (κ2) is 6.04. The van der Waals surface area contributed by atoms with Gasteiger partial charge in [-0.3, -0.25) is 0 Å². The first-order valence-electron chi connectivity index (χ1n) is 7.68. The standard InChI is InChI=1S/C16H29N/c1-3-17-15(16(2)12-8-9-13-16)14-10-6-4-5-7-11-14/h10,15,17H,3-9,11-13H2,1-2H3. The first kappa shape index (κ1) is 13.1. The molecule has 0 bridgehead atoms. The molecule has 0 amide bonds. The molecule has 2 rings (SSSR count). The van der Waals surface area contributed by atoms with Crippen LogP contribution in [0.5, 0.6) is 0 Å². The molecule has 2 aliphatic carbocycles. The monoisotopic (exact) mass is 235 g/mol. The Kier molecular flexibility index (Phi) is 4.67. The van der Waals surface area contributed by atoms with Crippen LogP contribution in [-0.4, -0.2) is 12.6 Å². The molecule has 1 heteroatoms. The predicted molar refractivity (Wildman–Crippen MR) is 75.2 cm³/mol. The van der Waals surface area contributed by atoms with Crippen LogP contribution in [0.1, 0.15) is 71.6 Å². The average molecular weight is 235 g/mol. The fourth-order valence-corrected chi connectivity index (χ4v) is 3.80. The zero-order valence-corrected chi connectivity index (χ0v) is 11.7. The molecule has 0 radical (unpaired) electrons. The van der Waals surface area contributed by atoms with E-state index >= 15 is 0 Å². The van der Waals surface area contributed by atoms with Crippen LogP contribution in [-0.2, 0) is 0 Å². The van der Waals surface area contributed by atoms with Crippen molar-refractivity contribution in [2.75, 3.05) is 6.54 Å². The first-order valence-corrected chi connectivity index (χ1v) is 7.68. The molecular weight excluding hydrogens is 206 g/mol. The molecule has 1 saturated carbocycles. The maximum absolute atomic E-state index is 3.79. The molecule has 1 fully saturated rings. The van der Waals surface area contributed by atoms with Crippen LogP contribution in [0.25, 0.3) is 0 Å². The minimum atomic E-state index is 0.534. The van der Waals surface area contributed by atoms with Gasteiger partial charge in [0.2, 0.25) is 0 Å². The number of hydrogen-bond acceptors (Lipinski definition) is 1. The van der Waals surface area contributed by atoms with Crippen LogP contribution in [0.4, 0.5) is 0 Å². The summed E-state index contributed by atoms with van der Waals surface area (Å²) in [7, 11) is 0. The van der Waals surface area contributed by atoms with Gasteiger partial charge in [0.25, 0.3) is 0 Å².